The van der Waals surface area contributed by atoms with Crippen LogP contribution in [0.3, 0.4) is 0 Å². The molecule has 1 atom stereocenters. The first-order chi connectivity index (χ1) is 10.9. The van der Waals surface area contributed by atoms with E-state index in [0.29, 0.717) is 35.3 Å². The second-order valence-electron chi connectivity index (χ2n) is 5.95. The maximum Gasteiger partial charge on any atom is 0.252 e. The SMILES string of the molecule is CCc1cc(C(=O)NC(C)c2nc(CC(C)C)no2)cc(=O)[nH]1. The third-order valence-electron chi connectivity index (χ3n) is 3.34. The van der Waals surface area contributed by atoms with Crippen LogP contribution in [0.25, 0.3) is 0 Å². The molecule has 2 rings (SSSR count). The summed E-state index contributed by atoms with van der Waals surface area (Å²) in [5.41, 5.74) is 0.742. The number of carbonyl (C=O) groups excluding carboxylic acids is 1. The largest absolute Gasteiger partial charge is 0.341 e. The van der Waals surface area contributed by atoms with Crippen molar-refractivity contribution in [1.29, 1.82) is 0 Å². The molecule has 0 aliphatic carbocycles. The molecule has 0 saturated heterocycles. The van der Waals surface area contributed by atoms with Crippen LogP contribution in [-0.4, -0.2) is 21.0 Å². The van der Waals surface area contributed by atoms with Crippen LogP contribution in [0.2, 0.25) is 0 Å². The molecule has 0 bridgehead atoms. The Balaban J connectivity index is 2.09. The highest BCUT2D eigenvalue weighted by atomic mass is 16.5. The van der Waals surface area contributed by atoms with Crippen LogP contribution < -0.4 is 10.9 Å². The van der Waals surface area contributed by atoms with Crippen molar-refractivity contribution in [2.45, 2.75) is 46.6 Å². The Bertz CT molecular complexity index is 733. The molecule has 2 aromatic heterocycles. The second kappa shape index (κ2) is 7.21. The number of nitrogens with one attached hydrogen (secondary N) is 2. The number of aromatic amines is 1. The monoisotopic (exact) mass is 318 g/mol. The Labute approximate surface area is 134 Å². The van der Waals surface area contributed by atoms with Crippen LogP contribution in [0, 0.1) is 5.92 Å². The first-order valence-electron chi connectivity index (χ1n) is 7.75. The fourth-order valence-electron chi connectivity index (χ4n) is 2.16. The minimum Gasteiger partial charge on any atom is -0.341 e. The average molecular weight is 318 g/mol. The lowest BCUT2D eigenvalue weighted by atomic mass is 10.1. The highest BCUT2D eigenvalue weighted by molar-refractivity contribution is 5.94. The van der Waals surface area contributed by atoms with Crippen LogP contribution >= 0.6 is 0 Å². The summed E-state index contributed by atoms with van der Waals surface area (Å²) in [5.74, 6) is 1.06. The third-order valence-corrected chi connectivity index (χ3v) is 3.34. The molecule has 2 N–H and O–H groups in total. The van der Waals surface area contributed by atoms with Crippen molar-refractivity contribution in [2.24, 2.45) is 5.92 Å². The molecule has 2 aromatic rings. The van der Waals surface area contributed by atoms with Gasteiger partial charge >= 0.3 is 0 Å². The van der Waals surface area contributed by atoms with Gasteiger partial charge in [0.1, 0.15) is 6.04 Å². The minimum absolute atomic E-state index is 0.292. The lowest BCUT2D eigenvalue weighted by Gasteiger charge is -2.10. The molecule has 0 aromatic carbocycles. The van der Waals surface area contributed by atoms with Gasteiger partial charge in [0.2, 0.25) is 11.4 Å². The second-order valence-corrected chi connectivity index (χ2v) is 5.95. The molecule has 0 aliphatic rings. The molecule has 1 amide bonds. The summed E-state index contributed by atoms with van der Waals surface area (Å²) < 4.78 is 5.19. The number of hydrogen-bond acceptors (Lipinski definition) is 5. The lowest BCUT2D eigenvalue weighted by Crippen LogP contribution is -2.28. The first-order valence-corrected chi connectivity index (χ1v) is 7.75. The van der Waals surface area contributed by atoms with Crippen LogP contribution in [0.4, 0.5) is 0 Å². The summed E-state index contributed by atoms with van der Waals surface area (Å²) in [5, 5.41) is 6.68. The summed E-state index contributed by atoms with van der Waals surface area (Å²) in [6, 6.07) is 2.51. The zero-order valence-corrected chi connectivity index (χ0v) is 13.8. The predicted octanol–water partition coefficient (Wildman–Crippen LogP) is 2.01. The molecule has 1 unspecified atom stereocenters. The molecule has 7 nitrogen and oxygen atoms in total. The minimum atomic E-state index is -0.430. The summed E-state index contributed by atoms with van der Waals surface area (Å²) in [4.78, 5) is 30.8. The number of aromatic nitrogens is 3. The maximum atomic E-state index is 12.3. The van der Waals surface area contributed by atoms with Gasteiger partial charge in [0.25, 0.3) is 5.91 Å². The fraction of sp³-hybridized carbons (Fsp3) is 0.500. The van der Waals surface area contributed by atoms with E-state index in [1.165, 1.54) is 6.07 Å². The van der Waals surface area contributed by atoms with E-state index in [0.717, 1.165) is 6.42 Å². The molecule has 0 saturated carbocycles. The topological polar surface area (TPSA) is 101 Å². The van der Waals surface area contributed by atoms with Gasteiger partial charge in [-0.1, -0.05) is 25.9 Å². The number of pyridine rings is 1. The smallest absolute Gasteiger partial charge is 0.252 e. The standard InChI is InChI=1S/C16H22N4O3/c1-5-12-7-11(8-14(21)18-12)15(22)17-10(4)16-19-13(20-23-16)6-9(2)3/h7-10H,5-6H2,1-4H3,(H,17,22)(H,18,21). The zero-order chi connectivity index (χ0) is 17.0. The van der Waals surface area contributed by atoms with Crippen molar-refractivity contribution < 1.29 is 9.32 Å². The van der Waals surface area contributed by atoms with Crippen LogP contribution in [0.1, 0.15) is 61.5 Å². The van der Waals surface area contributed by atoms with E-state index in [1.54, 1.807) is 13.0 Å². The van der Waals surface area contributed by atoms with E-state index in [2.05, 4.69) is 34.3 Å². The van der Waals surface area contributed by atoms with Gasteiger partial charge in [-0.05, 0) is 25.3 Å². The molecule has 7 heteroatoms. The van der Waals surface area contributed by atoms with E-state index in [4.69, 9.17) is 4.52 Å². The Morgan fingerprint density at radius 1 is 1.35 bits per heavy atom. The highest BCUT2D eigenvalue weighted by Gasteiger charge is 2.18. The van der Waals surface area contributed by atoms with Crippen molar-refractivity contribution in [1.82, 2.24) is 20.4 Å². The quantitative estimate of drug-likeness (QED) is 0.848. The molecular formula is C16H22N4O3. The molecule has 23 heavy (non-hydrogen) atoms. The van der Waals surface area contributed by atoms with Gasteiger partial charge in [0.15, 0.2) is 5.82 Å². The Morgan fingerprint density at radius 2 is 2.09 bits per heavy atom. The Kier molecular flexibility index (Phi) is 5.31. The van der Waals surface area contributed by atoms with Crippen molar-refractivity contribution in [2.75, 3.05) is 0 Å². The normalized spacial score (nSPS) is 12.4. The fourth-order valence-corrected chi connectivity index (χ4v) is 2.16. The van der Waals surface area contributed by atoms with Crippen LogP contribution in [0.5, 0.6) is 0 Å². The number of carbonyl (C=O) groups is 1. The van der Waals surface area contributed by atoms with E-state index in [1.807, 2.05) is 6.92 Å². The summed E-state index contributed by atoms with van der Waals surface area (Å²) >= 11 is 0. The van der Waals surface area contributed by atoms with Crippen molar-refractivity contribution in [3.8, 4) is 0 Å². The first kappa shape index (κ1) is 16.9. The molecule has 0 fully saturated rings. The van der Waals surface area contributed by atoms with Crippen molar-refractivity contribution in [3.05, 3.63) is 45.5 Å². The molecule has 124 valence electrons. The molecule has 0 radical (unpaired) electrons. The van der Waals surface area contributed by atoms with Gasteiger partial charge in [-0.3, -0.25) is 9.59 Å². The van der Waals surface area contributed by atoms with Gasteiger partial charge in [-0.25, -0.2) is 0 Å². The van der Waals surface area contributed by atoms with Gasteiger partial charge in [0, 0.05) is 23.7 Å². The van der Waals surface area contributed by atoms with Crippen molar-refractivity contribution >= 4 is 5.91 Å². The van der Waals surface area contributed by atoms with E-state index in [9.17, 15) is 9.59 Å². The third kappa shape index (κ3) is 4.51. The highest BCUT2D eigenvalue weighted by Crippen LogP contribution is 2.13. The van der Waals surface area contributed by atoms with E-state index < -0.39 is 6.04 Å². The number of nitrogens with zero attached hydrogens (tertiary/aromatic N) is 2. The zero-order valence-electron chi connectivity index (χ0n) is 13.8. The number of hydrogen-bond donors (Lipinski definition) is 2. The summed E-state index contributed by atoms with van der Waals surface area (Å²) in [6.07, 6.45) is 1.37. The van der Waals surface area contributed by atoms with Crippen LogP contribution in [-0.2, 0) is 12.8 Å². The number of rotatable bonds is 6. The van der Waals surface area contributed by atoms with Crippen molar-refractivity contribution in [3.63, 3.8) is 0 Å². The lowest BCUT2D eigenvalue weighted by molar-refractivity contribution is 0.0932. The molecular weight excluding hydrogens is 296 g/mol. The Hall–Kier alpha value is -2.44. The number of aryl methyl sites for hydroxylation is 1. The van der Waals surface area contributed by atoms with Gasteiger partial charge < -0.3 is 14.8 Å². The maximum absolute atomic E-state index is 12.3. The van der Waals surface area contributed by atoms with Crippen LogP contribution in [0.15, 0.2) is 21.5 Å². The van der Waals surface area contributed by atoms with E-state index >= 15 is 0 Å². The molecule has 2 heterocycles. The van der Waals surface area contributed by atoms with Gasteiger partial charge in [-0.15, -0.1) is 0 Å². The summed E-state index contributed by atoms with van der Waals surface area (Å²) in [6.45, 7) is 7.81. The van der Waals surface area contributed by atoms with E-state index in [-0.39, 0.29) is 11.5 Å². The molecule has 0 aliphatic heterocycles. The predicted molar refractivity (Wildman–Crippen MR) is 85.2 cm³/mol. The number of amides is 1. The Morgan fingerprint density at radius 3 is 2.74 bits per heavy atom. The summed E-state index contributed by atoms with van der Waals surface area (Å²) in [7, 11) is 0. The van der Waals surface area contributed by atoms with Gasteiger partial charge in [0.05, 0.1) is 0 Å². The number of H-pyrrole nitrogens is 1. The molecule has 0 spiro atoms. The van der Waals surface area contributed by atoms with Gasteiger partial charge in [-0.2, -0.15) is 4.98 Å². The average Bonchev–Trinajstić information content (AvgIpc) is 2.94.